The van der Waals surface area contributed by atoms with Crippen molar-refractivity contribution < 1.29 is 9.31 Å². The third kappa shape index (κ3) is 3.02. The van der Waals surface area contributed by atoms with Gasteiger partial charge in [-0.25, -0.2) is 5.10 Å². The van der Waals surface area contributed by atoms with Crippen LogP contribution in [0.4, 0.5) is 0 Å². The molecule has 3 N–H and O–H groups in total. The third-order valence-corrected chi connectivity index (χ3v) is 6.00. The second-order valence-corrected chi connectivity index (χ2v) is 7.78. The molecule has 0 aliphatic heterocycles. The van der Waals surface area contributed by atoms with Gasteiger partial charge < -0.3 is 5.32 Å². The minimum atomic E-state index is 0.0286. The summed E-state index contributed by atoms with van der Waals surface area (Å²) in [6.07, 6.45) is 13.9. The number of hydrogen-bond donors (Lipinski definition) is 3. The summed E-state index contributed by atoms with van der Waals surface area (Å²) in [7, 11) is 0. The standard InChI is InChI=1S/C19H18N6OS/c26-19(24-15-3-1-2-4-15)17-5-12(11-27-17)16-9-23-25-10-14(6-20-18(16)25)13-7-21-22-8-13/h5-11,15H,1-4H2,(H2,21,22,24,26)/p+1. The zero-order valence-electron chi connectivity index (χ0n) is 14.6. The summed E-state index contributed by atoms with van der Waals surface area (Å²) < 4.78 is 1.88. The van der Waals surface area contributed by atoms with Crippen molar-refractivity contribution in [2.24, 2.45) is 0 Å². The number of nitrogens with one attached hydrogen (secondary N) is 3. The maximum atomic E-state index is 12.5. The molecule has 0 radical (unpaired) electrons. The Kier molecular flexibility index (Phi) is 3.97. The molecule has 1 aliphatic carbocycles. The Bertz CT molecular complexity index is 1090. The fourth-order valence-corrected chi connectivity index (χ4v) is 4.43. The number of rotatable bonds is 4. The summed E-state index contributed by atoms with van der Waals surface area (Å²) >= 11 is 1.47. The Labute approximate surface area is 159 Å². The van der Waals surface area contributed by atoms with E-state index in [0.717, 1.165) is 45.6 Å². The van der Waals surface area contributed by atoms with Crippen molar-refractivity contribution in [1.29, 1.82) is 0 Å². The molecule has 4 aromatic heterocycles. The van der Waals surface area contributed by atoms with Gasteiger partial charge in [0.05, 0.1) is 28.4 Å². The fraction of sp³-hybridized carbons (Fsp3) is 0.263. The second-order valence-electron chi connectivity index (χ2n) is 6.86. The SMILES string of the molecule is O=C(NC1CCCC1)c1cc(-c2c[nH][n+]3cc(-c4cn[nH]c4)cnc23)cs1. The van der Waals surface area contributed by atoms with Gasteiger partial charge in [-0.2, -0.15) is 5.10 Å². The van der Waals surface area contributed by atoms with Gasteiger partial charge in [-0.15, -0.1) is 15.9 Å². The van der Waals surface area contributed by atoms with Crippen molar-refractivity contribution in [2.45, 2.75) is 31.7 Å². The molecular formula is C19H19N6OS+. The molecule has 8 heteroatoms. The molecule has 1 fully saturated rings. The highest BCUT2D eigenvalue weighted by atomic mass is 32.1. The maximum absolute atomic E-state index is 12.5. The minimum Gasteiger partial charge on any atom is -0.349 e. The number of carbonyl (C=O) groups is 1. The number of H-pyrrole nitrogens is 2. The Balaban J connectivity index is 1.42. The first-order chi connectivity index (χ1) is 13.3. The van der Waals surface area contributed by atoms with Crippen molar-refractivity contribution in [3.63, 3.8) is 0 Å². The molecule has 1 aliphatic rings. The van der Waals surface area contributed by atoms with Gasteiger partial charge in [-0.05, 0) is 29.3 Å². The van der Waals surface area contributed by atoms with Crippen LogP contribution in [0.1, 0.15) is 35.4 Å². The third-order valence-electron chi connectivity index (χ3n) is 5.07. The molecule has 7 nitrogen and oxygen atoms in total. The van der Waals surface area contributed by atoms with Crippen LogP contribution < -0.4 is 9.83 Å². The summed E-state index contributed by atoms with van der Waals surface area (Å²) in [5.74, 6) is 0.0286. The van der Waals surface area contributed by atoms with Crippen LogP contribution >= 0.6 is 11.3 Å². The quantitative estimate of drug-likeness (QED) is 0.476. The number of hydrogen-bond acceptors (Lipinski definition) is 4. The van der Waals surface area contributed by atoms with Crippen LogP contribution in [0.25, 0.3) is 27.9 Å². The molecular weight excluding hydrogens is 360 g/mol. The van der Waals surface area contributed by atoms with E-state index < -0.39 is 0 Å². The van der Waals surface area contributed by atoms with E-state index in [4.69, 9.17) is 0 Å². The summed E-state index contributed by atoms with van der Waals surface area (Å²) in [6.45, 7) is 0. The zero-order chi connectivity index (χ0) is 18.2. The molecule has 4 heterocycles. The van der Waals surface area contributed by atoms with Crippen LogP contribution in [0.3, 0.4) is 0 Å². The molecule has 27 heavy (non-hydrogen) atoms. The molecule has 0 saturated heterocycles. The lowest BCUT2D eigenvalue weighted by molar-refractivity contribution is -0.578. The van der Waals surface area contributed by atoms with Crippen LogP contribution in [0.2, 0.25) is 0 Å². The molecule has 4 aromatic rings. The number of aromatic nitrogens is 5. The number of aromatic amines is 2. The lowest BCUT2D eigenvalue weighted by Crippen LogP contribution is -2.31. The largest absolute Gasteiger partial charge is 0.355 e. The smallest absolute Gasteiger partial charge is 0.349 e. The Morgan fingerprint density at radius 1 is 1.19 bits per heavy atom. The van der Waals surface area contributed by atoms with E-state index >= 15 is 0 Å². The van der Waals surface area contributed by atoms with Gasteiger partial charge in [-0.1, -0.05) is 12.8 Å². The Morgan fingerprint density at radius 3 is 2.89 bits per heavy atom. The predicted octanol–water partition coefficient (Wildman–Crippen LogP) is 2.94. The number of fused-ring (bicyclic) bond motifs is 1. The van der Waals surface area contributed by atoms with Crippen molar-refractivity contribution in [3.05, 3.63) is 47.3 Å². The van der Waals surface area contributed by atoms with Gasteiger partial charge in [0.15, 0.2) is 6.20 Å². The van der Waals surface area contributed by atoms with E-state index in [1.54, 1.807) is 6.20 Å². The molecule has 5 rings (SSSR count). The topological polar surface area (TPSA) is 90.6 Å². The van der Waals surface area contributed by atoms with Crippen molar-refractivity contribution in [1.82, 2.24) is 25.6 Å². The van der Waals surface area contributed by atoms with Crippen LogP contribution in [-0.4, -0.2) is 32.2 Å². The number of nitrogens with zero attached hydrogens (tertiary/aromatic N) is 3. The lowest BCUT2D eigenvalue weighted by atomic mass is 10.1. The van der Waals surface area contributed by atoms with Gasteiger partial charge in [0.1, 0.15) is 6.20 Å². The summed E-state index contributed by atoms with van der Waals surface area (Å²) in [4.78, 5) is 17.8. The average molecular weight is 379 g/mol. The predicted molar refractivity (Wildman–Crippen MR) is 102 cm³/mol. The summed E-state index contributed by atoms with van der Waals surface area (Å²) in [5.41, 5.74) is 4.75. The van der Waals surface area contributed by atoms with E-state index in [-0.39, 0.29) is 5.91 Å². The average Bonchev–Trinajstić information content (AvgIpc) is 3.47. The monoisotopic (exact) mass is 379 g/mol. The second kappa shape index (κ2) is 6.62. The van der Waals surface area contributed by atoms with E-state index in [1.807, 2.05) is 40.7 Å². The lowest BCUT2D eigenvalue weighted by Gasteiger charge is -2.10. The number of carbonyl (C=O) groups excluding carboxylic acids is 1. The van der Waals surface area contributed by atoms with E-state index in [0.29, 0.717) is 6.04 Å². The first kappa shape index (κ1) is 16.2. The van der Waals surface area contributed by atoms with Crippen LogP contribution in [0.5, 0.6) is 0 Å². The van der Waals surface area contributed by atoms with Crippen LogP contribution in [0, 0.1) is 0 Å². The highest BCUT2D eigenvalue weighted by molar-refractivity contribution is 7.12. The van der Waals surface area contributed by atoms with E-state index in [2.05, 4.69) is 25.6 Å². The molecule has 0 bridgehead atoms. The maximum Gasteiger partial charge on any atom is 0.355 e. The highest BCUT2D eigenvalue weighted by Crippen LogP contribution is 2.28. The van der Waals surface area contributed by atoms with Gasteiger partial charge in [-0.3, -0.25) is 9.89 Å². The first-order valence-corrected chi connectivity index (χ1v) is 9.93. The molecule has 0 spiro atoms. The van der Waals surface area contributed by atoms with Gasteiger partial charge >= 0.3 is 5.65 Å². The van der Waals surface area contributed by atoms with E-state index in [9.17, 15) is 4.79 Å². The van der Waals surface area contributed by atoms with Gasteiger partial charge in [0, 0.05) is 23.4 Å². The minimum absolute atomic E-state index is 0.0286. The van der Waals surface area contributed by atoms with Crippen molar-refractivity contribution >= 4 is 22.9 Å². The van der Waals surface area contributed by atoms with Crippen LogP contribution in [-0.2, 0) is 0 Å². The molecule has 136 valence electrons. The molecule has 1 saturated carbocycles. The molecule has 0 atom stereocenters. The fourth-order valence-electron chi connectivity index (χ4n) is 3.62. The van der Waals surface area contributed by atoms with E-state index in [1.165, 1.54) is 24.2 Å². The number of amides is 1. The highest BCUT2D eigenvalue weighted by Gasteiger charge is 2.21. The summed E-state index contributed by atoms with van der Waals surface area (Å²) in [6, 6.07) is 2.28. The molecule has 0 aromatic carbocycles. The Hall–Kier alpha value is -3.00. The normalized spacial score (nSPS) is 14.8. The van der Waals surface area contributed by atoms with Crippen molar-refractivity contribution in [3.8, 4) is 22.3 Å². The van der Waals surface area contributed by atoms with Crippen molar-refractivity contribution in [2.75, 3.05) is 0 Å². The first-order valence-electron chi connectivity index (χ1n) is 9.05. The zero-order valence-corrected chi connectivity index (χ0v) is 15.4. The number of thiophene rings is 1. The molecule has 0 unspecified atom stereocenters. The van der Waals surface area contributed by atoms with Gasteiger partial charge in [0.25, 0.3) is 5.91 Å². The van der Waals surface area contributed by atoms with Gasteiger partial charge in [0.2, 0.25) is 0 Å². The van der Waals surface area contributed by atoms with Crippen LogP contribution in [0.15, 0.2) is 42.4 Å². The summed E-state index contributed by atoms with van der Waals surface area (Å²) in [5, 5.41) is 15.2. The molecule has 1 amide bonds. The Morgan fingerprint density at radius 2 is 2.07 bits per heavy atom.